The van der Waals surface area contributed by atoms with E-state index in [0.29, 0.717) is 16.5 Å². The summed E-state index contributed by atoms with van der Waals surface area (Å²) in [7, 11) is 0. The van der Waals surface area contributed by atoms with E-state index in [9.17, 15) is 14.3 Å². The van der Waals surface area contributed by atoms with Crippen molar-refractivity contribution in [3.05, 3.63) is 60.4 Å². The summed E-state index contributed by atoms with van der Waals surface area (Å²) in [5.74, 6) is -1.57. The quantitative estimate of drug-likeness (QED) is 0.669. The third kappa shape index (κ3) is 3.24. The van der Waals surface area contributed by atoms with Crippen LogP contribution in [0.4, 0.5) is 4.39 Å². The van der Waals surface area contributed by atoms with Crippen molar-refractivity contribution in [1.82, 2.24) is 14.8 Å². The van der Waals surface area contributed by atoms with E-state index in [4.69, 9.17) is 0 Å². The number of carboxylic acid groups (broad SMARTS) is 1. The summed E-state index contributed by atoms with van der Waals surface area (Å²) in [5.41, 5.74) is 1.01. The summed E-state index contributed by atoms with van der Waals surface area (Å²) >= 11 is 0.976. The average Bonchev–Trinajstić information content (AvgIpc) is 2.98. The maximum absolute atomic E-state index is 14.1. The van der Waals surface area contributed by atoms with Gasteiger partial charge in [0.2, 0.25) is 0 Å². The van der Waals surface area contributed by atoms with Crippen LogP contribution in [0.15, 0.2) is 59.8 Å². The molecule has 0 aliphatic rings. The van der Waals surface area contributed by atoms with Crippen LogP contribution in [0.25, 0.3) is 17.1 Å². The number of hydrogen-bond acceptors (Lipinski definition) is 5. The first-order valence-electron chi connectivity index (χ1n) is 6.75. The van der Waals surface area contributed by atoms with E-state index in [1.807, 2.05) is 30.3 Å². The average molecular weight is 328 g/mol. The Morgan fingerprint density at radius 1 is 1.09 bits per heavy atom. The highest BCUT2D eigenvalue weighted by atomic mass is 32.2. The molecule has 0 radical (unpaired) electrons. The minimum atomic E-state index is -1.20. The van der Waals surface area contributed by atoms with E-state index >= 15 is 0 Å². The van der Waals surface area contributed by atoms with Crippen molar-refractivity contribution in [2.45, 2.75) is 5.16 Å². The molecule has 0 saturated carbocycles. The molecule has 23 heavy (non-hydrogen) atoms. The first kappa shape index (κ1) is 15.2. The van der Waals surface area contributed by atoms with Crippen molar-refractivity contribution in [2.24, 2.45) is 0 Å². The van der Waals surface area contributed by atoms with Gasteiger partial charge in [-0.25, -0.2) is 4.39 Å². The summed E-state index contributed by atoms with van der Waals surface area (Å²) in [5, 5.41) is 19.1. The monoisotopic (exact) mass is 328 g/mol. The Bertz CT molecular complexity index is 836. The first-order valence-corrected chi connectivity index (χ1v) is 7.74. The largest absolute Gasteiger partial charge is 0.549 e. The second kappa shape index (κ2) is 6.62. The van der Waals surface area contributed by atoms with Gasteiger partial charge in [0.25, 0.3) is 0 Å². The lowest BCUT2D eigenvalue weighted by Gasteiger charge is -2.10. The second-order valence-electron chi connectivity index (χ2n) is 4.62. The molecule has 0 aliphatic carbocycles. The van der Waals surface area contributed by atoms with Gasteiger partial charge in [0.1, 0.15) is 5.82 Å². The Hall–Kier alpha value is -2.67. The van der Waals surface area contributed by atoms with Crippen molar-refractivity contribution < 1.29 is 14.3 Å². The smallest absolute Gasteiger partial charge is 0.196 e. The van der Waals surface area contributed by atoms with Crippen LogP contribution in [0.1, 0.15) is 0 Å². The number of carbonyl (C=O) groups is 1. The van der Waals surface area contributed by atoms with Gasteiger partial charge < -0.3 is 9.90 Å². The summed E-state index contributed by atoms with van der Waals surface area (Å²) < 4.78 is 15.7. The summed E-state index contributed by atoms with van der Waals surface area (Å²) in [4.78, 5) is 10.7. The Balaban J connectivity index is 2.14. The van der Waals surface area contributed by atoms with Gasteiger partial charge in [-0.15, -0.1) is 10.2 Å². The molecular weight excluding hydrogens is 317 g/mol. The molecular formula is C16H11FN3O2S-. The highest BCUT2D eigenvalue weighted by molar-refractivity contribution is 7.99. The zero-order chi connectivity index (χ0) is 16.2. The molecule has 5 nitrogen and oxygen atoms in total. The number of carbonyl (C=O) groups excluding carboxylic acids is 1. The third-order valence-electron chi connectivity index (χ3n) is 3.08. The summed E-state index contributed by atoms with van der Waals surface area (Å²) in [6, 6.07) is 15.4. The maximum Gasteiger partial charge on any atom is 0.196 e. The molecule has 0 amide bonds. The lowest BCUT2D eigenvalue weighted by molar-refractivity contribution is -0.301. The lowest BCUT2D eigenvalue weighted by atomic mass is 10.2. The van der Waals surface area contributed by atoms with Gasteiger partial charge in [-0.05, 0) is 24.3 Å². The van der Waals surface area contributed by atoms with Gasteiger partial charge in [0.05, 0.1) is 11.5 Å². The van der Waals surface area contributed by atoms with Crippen LogP contribution >= 0.6 is 11.8 Å². The van der Waals surface area contributed by atoms with Gasteiger partial charge in [-0.1, -0.05) is 42.1 Å². The van der Waals surface area contributed by atoms with Crippen LogP contribution in [0.3, 0.4) is 0 Å². The predicted molar refractivity (Wildman–Crippen MR) is 82.5 cm³/mol. The molecule has 0 atom stereocenters. The van der Waals surface area contributed by atoms with E-state index in [1.165, 1.54) is 6.07 Å². The molecule has 3 aromatic rings. The number of rotatable bonds is 5. The number of nitrogens with zero attached hydrogens (tertiary/aromatic N) is 3. The van der Waals surface area contributed by atoms with Gasteiger partial charge in [0, 0.05) is 11.4 Å². The number of para-hydroxylation sites is 1. The van der Waals surface area contributed by atoms with E-state index in [-0.39, 0.29) is 5.75 Å². The Morgan fingerprint density at radius 3 is 2.48 bits per heavy atom. The van der Waals surface area contributed by atoms with Crippen molar-refractivity contribution in [3.8, 4) is 17.1 Å². The number of carboxylic acids is 1. The number of aromatic nitrogens is 3. The maximum atomic E-state index is 14.1. The lowest BCUT2D eigenvalue weighted by Crippen LogP contribution is -2.24. The first-order chi connectivity index (χ1) is 11.2. The standard InChI is InChI=1S/C16H12FN3O2S/c17-13-9-5-4-8-12(13)15-18-19-16(23-10-14(21)22)20(15)11-6-2-1-3-7-11/h1-9H,10H2,(H,21,22)/p-1. The van der Waals surface area contributed by atoms with Crippen molar-refractivity contribution in [2.75, 3.05) is 5.75 Å². The minimum absolute atomic E-state index is 0.262. The highest BCUT2D eigenvalue weighted by Gasteiger charge is 2.18. The molecule has 0 spiro atoms. The van der Waals surface area contributed by atoms with Gasteiger partial charge in [0.15, 0.2) is 11.0 Å². The molecule has 3 rings (SSSR count). The zero-order valence-corrected chi connectivity index (χ0v) is 12.7. The molecule has 2 aromatic carbocycles. The van der Waals surface area contributed by atoms with Crippen molar-refractivity contribution in [1.29, 1.82) is 0 Å². The van der Waals surface area contributed by atoms with Gasteiger partial charge >= 0.3 is 0 Å². The van der Waals surface area contributed by atoms with E-state index in [1.54, 1.807) is 22.8 Å². The molecule has 0 aliphatic heterocycles. The molecule has 0 bridgehead atoms. The molecule has 0 fully saturated rings. The van der Waals surface area contributed by atoms with Crippen molar-refractivity contribution in [3.63, 3.8) is 0 Å². The fourth-order valence-corrected chi connectivity index (χ4v) is 2.78. The molecule has 7 heteroatoms. The zero-order valence-electron chi connectivity index (χ0n) is 11.8. The molecule has 116 valence electrons. The van der Waals surface area contributed by atoms with Crippen LogP contribution in [0.5, 0.6) is 0 Å². The van der Waals surface area contributed by atoms with Gasteiger partial charge in [-0.2, -0.15) is 0 Å². The number of aliphatic carboxylic acids is 1. The normalized spacial score (nSPS) is 10.7. The summed E-state index contributed by atoms with van der Waals surface area (Å²) in [6.07, 6.45) is 0. The topological polar surface area (TPSA) is 70.8 Å². The minimum Gasteiger partial charge on any atom is -0.549 e. The van der Waals surface area contributed by atoms with Crippen LogP contribution in [0.2, 0.25) is 0 Å². The van der Waals surface area contributed by atoms with E-state index < -0.39 is 11.8 Å². The molecule has 1 aromatic heterocycles. The fraction of sp³-hybridized carbons (Fsp3) is 0.0625. The Kier molecular flexibility index (Phi) is 4.38. The van der Waals surface area contributed by atoms with Crippen LogP contribution in [-0.4, -0.2) is 26.5 Å². The number of hydrogen-bond donors (Lipinski definition) is 0. The van der Waals surface area contributed by atoms with Crippen LogP contribution in [0, 0.1) is 5.82 Å². The SMILES string of the molecule is O=C([O-])CSc1nnc(-c2ccccc2F)n1-c1ccccc1. The second-order valence-corrected chi connectivity index (χ2v) is 5.56. The van der Waals surface area contributed by atoms with E-state index in [2.05, 4.69) is 10.2 Å². The molecule has 0 N–H and O–H groups in total. The number of thioether (sulfide) groups is 1. The predicted octanol–water partition coefficient (Wildman–Crippen LogP) is 1.92. The molecule has 0 unspecified atom stereocenters. The molecule has 1 heterocycles. The number of halogens is 1. The van der Waals surface area contributed by atoms with Crippen LogP contribution in [-0.2, 0) is 4.79 Å². The van der Waals surface area contributed by atoms with Gasteiger partial charge in [-0.3, -0.25) is 4.57 Å². The van der Waals surface area contributed by atoms with E-state index in [0.717, 1.165) is 17.4 Å². The highest BCUT2D eigenvalue weighted by Crippen LogP contribution is 2.29. The van der Waals surface area contributed by atoms with Crippen molar-refractivity contribution >= 4 is 17.7 Å². The molecule has 0 saturated heterocycles. The van der Waals surface area contributed by atoms with Crippen LogP contribution < -0.4 is 5.11 Å². The number of benzene rings is 2. The Morgan fingerprint density at radius 2 is 1.78 bits per heavy atom. The third-order valence-corrected chi connectivity index (χ3v) is 3.98. The fourth-order valence-electron chi connectivity index (χ4n) is 2.11. The Labute approximate surface area is 135 Å². The summed E-state index contributed by atoms with van der Waals surface area (Å²) in [6.45, 7) is 0.